The fourth-order valence-electron chi connectivity index (χ4n) is 2.78. The van der Waals surface area contributed by atoms with Gasteiger partial charge in [-0.05, 0) is 51.1 Å². The van der Waals surface area contributed by atoms with Gasteiger partial charge in [-0.2, -0.15) is 0 Å². The molecule has 4 heteroatoms. The zero-order valence-corrected chi connectivity index (χ0v) is 13.2. The molecular formula is C15H30N2O2. The van der Waals surface area contributed by atoms with Crippen LogP contribution in [0.3, 0.4) is 0 Å². The van der Waals surface area contributed by atoms with Gasteiger partial charge >= 0.3 is 5.97 Å². The van der Waals surface area contributed by atoms with Crippen LogP contribution in [0.5, 0.6) is 0 Å². The first-order valence-electron chi connectivity index (χ1n) is 7.35. The molecule has 112 valence electrons. The average Bonchev–Trinajstić information content (AvgIpc) is 2.28. The summed E-state index contributed by atoms with van der Waals surface area (Å²) in [6.45, 7) is 13.5. The van der Waals surface area contributed by atoms with Gasteiger partial charge in [0.1, 0.15) is 5.54 Å². The summed E-state index contributed by atoms with van der Waals surface area (Å²) in [6.07, 6.45) is 2.37. The van der Waals surface area contributed by atoms with Gasteiger partial charge in [0.25, 0.3) is 0 Å². The Hall–Kier alpha value is -0.610. The first-order valence-corrected chi connectivity index (χ1v) is 7.35. The molecule has 2 N–H and O–H groups in total. The molecule has 0 radical (unpaired) electrons. The second kappa shape index (κ2) is 6.23. The van der Waals surface area contributed by atoms with E-state index >= 15 is 0 Å². The molecule has 0 bridgehead atoms. The molecule has 1 rings (SSSR count). The second-order valence-electron chi connectivity index (χ2n) is 7.05. The van der Waals surface area contributed by atoms with E-state index in [0.29, 0.717) is 18.6 Å². The third-order valence-corrected chi connectivity index (χ3v) is 4.11. The average molecular weight is 270 g/mol. The van der Waals surface area contributed by atoms with Gasteiger partial charge in [-0.3, -0.25) is 4.79 Å². The van der Waals surface area contributed by atoms with Crippen molar-refractivity contribution < 1.29 is 9.53 Å². The van der Waals surface area contributed by atoms with E-state index in [-0.39, 0.29) is 5.97 Å². The number of carbonyl (C=O) groups excluding carboxylic acids is 1. The van der Waals surface area contributed by atoms with E-state index in [9.17, 15) is 4.79 Å². The highest BCUT2D eigenvalue weighted by atomic mass is 16.5. The molecule has 1 saturated heterocycles. The van der Waals surface area contributed by atoms with Gasteiger partial charge in [-0.1, -0.05) is 20.8 Å². The molecular weight excluding hydrogens is 240 g/mol. The maximum atomic E-state index is 11.8. The Morgan fingerprint density at radius 3 is 2.21 bits per heavy atom. The van der Waals surface area contributed by atoms with Gasteiger partial charge in [-0.25, -0.2) is 0 Å². The van der Waals surface area contributed by atoms with Crippen LogP contribution in [-0.2, 0) is 9.53 Å². The monoisotopic (exact) mass is 270 g/mol. The molecule has 0 spiro atoms. The van der Waals surface area contributed by atoms with Gasteiger partial charge < -0.3 is 15.4 Å². The highest BCUT2D eigenvalue weighted by Gasteiger charge is 2.35. The van der Waals surface area contributed by atoms with E-state index in [1.807, 2.05) is 6.92 Å². The van der Waals surface area contributed by atoms with Crippen LogP contribution in [0.25, 0.3) is 0 Å². The van der Waals surface area contributed by atoms with Crippen molar-refractivity contribution in [1.82, 2.24) is 4.90 Å². The lowest BCUT2D eigenvalue weighted by atomic mass is 9.75. The maximum Gasteiger partial charge on any atom is 0.327 e. The smallest absolute Gasteiger partial charge is 0.327 e. The highest BCUT2D eigenvalue weighted by molar-refractivity contribution is 5.80. The maximum absolute atomic E-state index is 11.8. The molecule has 1 aliphatic heterocycles. The van der Waals surface area contributed by atoms with Crippen molar-refractivity contribution in [3.8, 4) is 0 Å². The lowest BCUT2D eigenvalue weighted by Gasteiger charge is -2.40. The molecule has 1 atom stereocenters. The van der Waals surface area contributed by atoms with Gasteiger partial charge in [0.15, 0.2) is 0 Å². The van der Waals surface area contributed by atoms with Crippen LogP contribution in [0.1, 0.15) is 47.5 Å². The topological polar surface area (TPSA) is 55.6 Å². The predicted octanol–water partition coefficient (Wildman–Crippen LogP) is 2.02. The molecule has 0 aromatic rings. The Balaban J connectivity index is 2.46. The first-order chi connectivity index (χ1) is 8.66. The summed E-state index contributed by atoms with van der Waals surface area (Å²) in [5.74, 6) is 0.461. The van der Waals surface area contributed by atoms with Crippen molar-refractivity contribution in [2.24, 2.45) is 17.1 Å². The number of hydrogen-bond donors (Lipinski definition) is 1. The van der Waals surface area contributed by atoms with Crippen LogP contribution >= 0.6 is 0 Å². The number of nitrogens with zero attached hydrogens (tertiary/aromatic N) is 1. The Kier molecular flexibility index (Phi) is 5.39. The Bertz CT molecular complexity index is 300. The number of hydrogen-bond acceptors (Lipinski definition) is 4. The number of carbonyl (C=O) groups is 1. The van der Waals surface area contributed by atoms with E-state index in [4.69, 9.17) is 10.5 Å². The summed E-state index contributed by atoms with van der Waals surface area (Å²) in [6, 6.07) is 0. The molecule has 1 heterocycles. The molecule has 0 amide bonds. The minimum atomic E-state index is -0.898. The lowest BCUT2D eigenvalue weighted by molar-refractivity contribution is -0.149. The first kappa shape index (κ1) is 16.4. The molecule has 1 unspecified atom stereocenters. The Labute approximate surface area is 117 Å². The molecule has 0 saturated carbocycles. The molecule has 0 aromatic heterocycles. The number of likely N-dealkylation sites (tertiary alicyclic amines) is 1. The summed E-state index contributed by atoms with van der Waals surface area (Å²) in [5.41, 5.74) is 5.56. The standard InChI is InChI=1S/C15H30N2O2/c1-6-19-13(18)15(5,16)11-17-9-7-12(8-10-17)14(2,3)4/h12H,6-11,16H2,1-5H3. The van der Waals surface area contributed by atoms with Crippen LogP contribution in [0, 0.1) is 11.3 Å². The van der Waals surface area contributed by atoms with Crippen LogP contribution in [0.2, 0.25) is 0 Å². The summed E-state index contributed by atoms with van der Waals surface area (Å²) in [4.78, 5) is 14.1. The molecule has 1 aliphatic rings. The number of rotatable bonds is 4. The summed E-state index contributed by atoms with van der Waals surface area (Å²) < 4.78 is 5.03. The van der Waals surface area contributed by atoms with Crippen molar-refractivity contribution in [1.29, 1.82) is 0 Å². The predicted molar refractivity (Wildman–Crippen MR) is 77.8 cm³/mol. The summed E-state index contributed by atoms with van der Waals surface area (Å²) in [7, 11) is 0. The molecule has 0 aromatic carbocycles. The van der Waals surface area contributed by atoms with E-state index in [1.165, 1.54) is 12.8 Å². The van der Waals surface area contributed by atoms with Gasteiger partial charge in [-0.15, -0.1) is 0 Å². The van der Waals surface area contributed by atoms with Crippen molar-refractivity contribution in [3.63, 3.8) is 0 Å². The lowest BCUT2D eigenvalue weighted by Crippen LogP contribution is -2.56. The Morgan fingerprint density at radius 2 is 1.79 bits per heavy atom. The van der Waals surface area contributed by atoms with Crippen molar-refractivity contribution in [3.05, 3.63) is 0 Å². The quantitative estimate of drug-likeness (QED) is 0.794. The second-order valence-corrected chi connectivity index (χ2v) is 7.05. The van der Waals surface area contributed by atoms with E-state index in [1.54, 1.807) is 6.92 Å². The fraction of sp³-hybridized carbons (Fsp3) is 0.933. The summed E-state index contributed by atoms with van der Waals surface area (Å²) in [5, 5.41) is 0. The van der Waals surface area contributed by atoms with Gasteiger partial charge in [0.2, 0.25) is 0 Å². The third-order valence-electron chi connectivity index (χ3n) is 4.11. The van der Waals surface area contributed by atoms with Crippen LogP contribution < -0.4 is 5.73 Å². The highest BCUT2D eigenvalue weighted by Crippen LogP contribution is 2.34. The third kappa shape index (κ3) is 4.77. The fourth-order valence-corrected chi connectivity index (χ4v) is 2.78. The van der Waals surface area contributed by atoms with Crippen molar-refractivity contribution in [2.45, 2.75) is 53.0 Å². The number of ether oxygens (including phenoxy) is 1. The molecule has 19 heavy (non-hydrogen) atoms. The minimum Gasteiger partial charge on any atom is -0.465 e. The van der Waals surface area contributed by atoms with Crippen molar-refractivity contribution >= 4 is 5.97 Å². The molecule has 1 fully saturated rings. The summed E-state index contributed by atoms with van der Waals surface area (Å²) >= 11 is 0. The van der Waals surface area contributed by atoms with Crippen LogP contribution in [-0.4, -0.2) is 42.6 Å². The largest absolute Gasteiger partial charge is 0.465 e. The zero-order chi connectivity index (χ0) is 14.7. The van der Waals surface area contributed by atoms with Crippen LogP contribution in [0.15, 0.2) is 0 Å². The van der Waals surface area contributed by atoms with E-state index in [2.05, 4.69) is 25.7 Å². The number of nitrogens with two attached hydrogens (primary N) is 1. The van der Waals surface area contributed by atoms with Crippen molar-refractivity contribution in [2.75, 3.05) is 26.2 Å². The number of esters is 1. The molecule has 4 nitrogen and oxygen atoms in total. The van der Waals surface area contributed by atoms with Gasteiger partial charge in [0.05, 0.1) is 6.61 Å². The Morgan fingerprint density at radius 1 is 1.26 bits per heavy atom. The van der Waals surface area contributed by atoms with Crippen LogP contribution in [0.4, 0.5) is 0 Å². The zero-order valence-electron chi connectivity index (χ0n) is 13.2. The molecule has 0 aliphatic carbocycles. The number of piperidine rings is 1. The normalized spacial score (nSPS) is 22.0. The SMILES string of the molecule is CCOC(=O)C(C)(N)CN1CCC(C(C)(C)C)CC1. The van der Waals surface area contributed by atoms with Gasteiger partial charge in [0, 0.05) is 6.54 Å². The van der Waals surface area contributed by atoms with E-state index < -0.39 is 5.54 Å². The van der Waals surface area contributed by atoms with E-state index in [0.717, 1.165) is 19.0 Å². The minimum absolute atomic E-state index is 0.298.